The monoisotopic (exact) mass is 268 g/mol. The van der Waals surface area contributed by atoms with Gasteiger partial charge in [-0.3, -0.25) is 10.1 Å². The maximum absolute atomic E-state index is 11.7. The fraction of sp³-hybridized carbons (Fsp3) is 0.400. The molecule has 17 heavy (non-hydrogen) atoms. The van der Waals surface area contributed by atoms with Gasteiger partial charge in [-0.15, -0.1) is 21.5 Å². The van der Waals surface area contributed by atoms with E-state index in [9.17, 15) is 4.79 Å². The number of carbonyl (C=O) groups excluding carboxylic acids is 1. The van der Waals surface area contributed by atoms with E-state index in [1.807, 2.05) is 0 Å². The van der Waals surface area contributed by atoms with E-state index in [-0.39, 0.29) is 5.91 Å². The fourth-order valence-electron chi connectivity index (χ4n) is 1.22. The number of hydrogen-bond donors (Lipinski definition) is 1. The Balaban J connectivity index is 1.99. The Morgan fingerprint density at radius 1 is 1.47 bits per heavy atom. The molecule has 0 radical (unpaired) electrons. The lowest BCUT2D eigenvalue weighted by Gasteiger charge is -1.97. The minimum absolute atomic E-state index is 0.238. The molecule has 0 bridgehead atoms. The van der Waals surface area contributed by atoms with Crippen LogP contribution in [0.3, 0.4) is 0 Å². The SMILES string of the molecule is CC(C)Cc1nnc(NC(=O)c2cscn2)s1. The van der Waals surface area contributed by atoms with Gasteiger partial charge in [-0.25, -0.2) is 4.98 Å². The Morgan fingerprint density at radius 3 is 2.94 bits per heavy atom. The van der Waals surface area contributed by atoms with Crippen LogP contribution in [0.5, 0.6) is 0 Å². The van der Waals surface area contributed by atoms with Crippen LogP contribution in [0, 0.1) is 5.92 Å². The molecule has 0 aliphatic heterocycles. The molecule has 1 amide bonds. The molecule has 2 rings (SSSR count). The summed E-state index contributed by atoms with van der Waals surface area (Å²) in [6.07, 6.45) is 0.879. The van der Waals surface area contributed by atoms with Crippen LogP contribution in [0.25, 0.3) is 0 Å². The molecule has 0 aliphatic rings. The summed E-state index contributed by atoms with van der Waals surface area (Å²) in [5.74, 6) is 0.295. The molecule has 2 aromatic rings. The lowest BCUT2D eigenvalue weighted by molar-refractivity contribution is 0.102. The Labute approximate surface area is 107 Å². The summed E-state index contributed by atoms with van der Waals surface area (Å²) in [5, 5.41) is 13.8. The number of rotatable bonds is 4. The fourth-order valence-corrected chi connectivity index (χ4v) is 2.70. The average molecular weight is 268 g/mol. The molecule has 0 atom stereocenters. The number of amides is 1. The van der Waals surface area contributed by atoms with E-state index in [4.69, 9.17) is 0 Å². The normalized spacial score (nSPS) is 10.8. The van der Waals surface area contributed by atoms with Crippen LogP contribution < -0.4 is 5.32 Å². The van der Waals surface area contributed by atoms with E-state index in [0.717, 1.165) is 11.4 Å². The van der Waals surface area contributed by atoms with Gasteiger partial charge in [0.1, 0.15) is 10.7 Å². The molecule has 0 saturated heterocycles. The van der Waals surface area contributed by atoms with Gasteiger partial charge in [-0.2, -0.15) is 0 Å². The minimum atomic E-state index is -0.238. The summed E-state index contributed by atoms with van der Waals surface area (Å²) in [5.41, 5.74) is 2.04. The topological polar surface area (TPSA) is 67.8 Å². The van der Waals surface area contributed by atoms with E-state index in [1.165, 1.54) is 22.7 Å². The molecule has 0 aromatic carbocycles. The number of anilines is 1. The zero-order valence-corrected chi connectivity index (χ0v) is 11.1. The van der Waals surface area contributed by atoms with Crippen molar-refractivity contribution < 1.29 is 4.79 Å². The van der Waals surface area contributed by atoms with Gasteiger partial charge >= 0.3 is 0 Å². The predicted molar refractivity (Wildman–Crippen MR) is 68.5 cm³/mol. The Hall–Kier alpha value is -1.34. The van der Waals surface area contributed by atoms with Crippen molar-refractivity contribution in [2.24, 2.45) is 5.92 Å². The summed E-state index contributed by atoms with van der Waals surface area (Å²) in [6.45, 7) is 4.24. The van der Waals surface area contributed by atoms with Crippen molar-refractivity contribution in [2.75, 3.05) is 5.32 Å². The van der Waals surface area contributed by atoms with Crippen molar-refractivity contribution in [3.8, 4) is 0 Å². The number of nitrogens with zero attached hydrogens (tertiary/aromatic N) is 3. The van der Waals surface area contributed by atoms with Gasteiger partial charge in [0.2, 0.25) is 5.13 Å². The second kappa shape index (κ2) is 5.33. The zero-order chi connectivity index (χ0) is 12.3. The maximum atomic E-state index is 11.7. The zero-order valence-electron chi connectivity index (χ0n) is 9.51. The Kier molecular flexibility index (Phi) is 3.80. The molecule has 0 fully saturated rings. The average Bonchev–Trinajstić information content (AvgIpc) is 2.87. The molecular weight excluding hydrogens is 256 g/mol. The van der Waals surface area contributed by atoms with Gasteiger partial charge in [0, 0.05) is 11.8 Å². The van der Waals surface area contributed by atoms with Crippen LogP contribution >= 0.6 is 22.7 Å². The first kappa shape index (κ1) is 12.1. The third-order valence-corrected chi connectivity index (χ3v) is 3.38. The van der Waals surface area contributed by atoms with E-state index in [1.54, 1.807) is 10.9 Å². The predicted octanol–water partition coefficient (Wildman–Crippen LogP) is 2.45. The van der Waals surface area contributed by atoms with E-state index in [2.05, 4.69) is 34.3 Å². The largest absolute Gasteiger partial charge is 0.295 e. The highest BCUT2D eigenvalue weighted by Gasteiger charge is 2.12. The van der Waals surface area contributed by atoms with Crippen LogP contribution in [-0.2, 0) is 6.42 Å². The van der Waals surface area contributed by atoms with Crippen molar-refractivity contribution in [2.45, 2.75) is 20.3 Å². The standard InChI is InChI=1S/C10H12N4OS2/c1-6(2)3-8-13-14-10(17-8)12-9(15)7-4-16-5-11-7/h4-6H,3H2,1-2H3,(H,12,14,15). The van der Waals surface area contributed by atoms with Gasteiger partial charge in [-0.1, -0.05) is 25.2 Å². The van der Waals surface area contributed by atoms with Gasteiger partial charge in [0.05, 0.1) is 5.51 Å². The Morgan fingerprint density at radius 2 is 2.29 bits per heavy atom. The van der Waals surface area contributed by atoms with Gasteiger partial charge in [-0.05, 0) is 5.92 Å². The quantitative estimate of drug-likeness (QED) is 0.924. The first-order valence-corrected chi connectivity index (χ1v) is 6.93. The number of nitrogens with one attached hydrogen (secondary N) is 1. The van der Waals surface area contributed by atoms with Crippen LogP contribution in [0.2, 0.25) is 0 Å². The van der Waals surface area contributed by atoms with Gasteiger partial charge in [0.25, 0.3) is 5.91 Å². The van der Waals surface area contributed by atoms with Crippen molar-refractivity contribution in [1.82, 2.24) is 15.2 Å². The number of hydrogen-bond acceptors (Lipinski definition) is 6. The summed E-state index contributed by atoms with van der Waals surface area (Å²) < 4.78 is 0. The molecule has 0 saturated carbocycles. The summed E-state index contributed by atoms with van der Waals surface area (Å²) in [4.78, 5) is 15.6. The second-order valence-corrected chi connectivity index (χ2v) is 5.71. The third-order valence-electron chi connectivity index (χ3n) is 1.94. The molecule has 0 aliphatic carbocycles. The van der Waals surface area contributed by atoms with Crippen LogP contribution in [0.4, 0.5) is 5.13 Å². The lowest BCUT2D eigenvalue weighted by atomic mass is 10.1. The van der Waals surface area contributed by atoms with E-state index in [0.29, 0.717) is 16.7 Å². The lowest BCUT2D eigenvalue weighted by Crippen LogP contribution is -2.11. The summed E-state index contributed by atoms with van der Waals surface area (Å²) >= 11 is 2.80. The van der Waals surface area contributed by atoms with Crippen molar-refractivity contribution in [1.29, 1.82) is 0 Å². The second-order valence-electron chi connectivity index (χ2n) is 3.93. The smallest absolute Gasteiger partial charge is 0.276 e. The highest BCUT2D eigenvalue weighted by Crippen LogP contribution is 2.18. The van der Waals surface area contributed by atoms with E-state index >= 15 is 0 Å². The summed E-state index contributed by atoms with van der Waals surface area (Å²) in [7, 11) is 0. The molecule has 5 nitrogen and oxygen atoms in total. The highest BCUT2D eigenvalue weighted by molar-refractivity contribution is 7.15. The first-order valence-electron chi connectivity index (χ1n) is 5.17. The van der Waals surface area contributed by atoms with Crippen molar-refractivity contribution in [3.05, 3.63) is 21.6 Å². The summed E-state index contributed by atoms with van der Waals surface area (Å²) in [6, 6.07) is 0. The Bertz CT molecular complexity index is 492. The third kappa shape index (κ3) is 3.31. The van der Waals surface area contributed by atoms with Crippen LogP contribution in [-0.4, -0.2) is 21.1 Å². The van der Waals surface area contributed by atoms with Crippen LogP contribution in [0.1, 0.15) is 29.3 Å². The van der Waals surface area contributed by atoms with Crippen molar-refractivity contribution >= 4 is 33.7 Å². The maximum Gasteiger partial charge on any atom is 0.276 e. The first-order chi connectivity index (χ1) is 8.15. The minimum Gasteiger partial charge on any atom is -0.295 e. The molecule has 2 heterocycles. The molecule has 1 N–H and O–H groups in total. The molecular formula is C10H12N4OS2. The molecule has 7 heteroatoms. The van der Waals surface area contributed by atoms with Gasteiger partial charge < -0.3 is 0 Å². The van der Waals surface area contributed by atoms with E-state index < -0.39 is 0 Å². The molecule has 90 valence electrons. The number of aromatic nitrogens is 3. The van der Waals surface area contributed by atoms with Crippen molar-refractivity contribution in [3.63, 3.8) is 0 Å². The molecule has 2 aromatic heterocycles. The van der Waals surface area contributed by atoms with Gasteiger partial charge in [0.15, 0.2) is 0 Å². The number of thiazole rings is 1. The molecule has 0 spiro atoms. The van der Waals surface area contributed by atoms with Crippen LogP contribution in [0.15, 0.2) is 10.9 Å². The number of carbonyl (C=O) groups is 1. The molecule has 0 unspecified atom stereocenters. The highest BCUT2D eigenvalue weighted by atomic mass is 32.1.